The molecule has 2 aromatic rings. The van der Waals surface area contributed by atoms with Crippen molar-refractivity contribution in [1.29, 1.82) is 0 Å². The van der Waals surface area contributed by atoms with Gasteiger partial charge < -0.3 is 14.4 Å². The Bertz CT molecular complexity index is 780. The first-order chi connectivity index (χ1) is 11.2. The topological polar surface area (TPSA) is 38.8 Å². The van der Waals surface area contributed by atoms with E-state index in [-0.39, 0.29) is 5.78 Å². The van der Waals surface area contributed by atoms with Gasteiger partial charge in [0, 0.05) is 12.6 Å². The summed E-state index contributed by atoms with van der Waals surface area (Å²) in [5, 5.41) is 0. The second kappa shape index (κ2) is 6.16. The Morgan fingerprint density at radius 2 is 1.91 bits per heavy atom. The van der Waals surface area contributed by atoms with Gasteiger partial charge in [0.05, 0.1) is 25.1 Å². The maximum absolute atomic E-state index is 12.6. The Morgan fingerprint density at radius 3 is 2.61 bits per heavy atom. The van der Waals surface area contributed by atoms with Gasteiger partial charge in [-0.05, 0) is 42.8 Å². The van der Waals surface area contributed by atoms with Crippen molar-refractivity contribution in [3.8, 4) is 11.5 Å². The highest BCUT2D eigenvalue weighted by molar-refractivity contribution is 6.21. The minimum absolute atomic E-state index is 0.0379. The molecule has 23 heavy (non-hydrogen) atoms. The van der Waals surface area contributed by atoms with Gasteiger partial charge in [0.15, 0.2) is 11.5 Å². The van der Waals surface area contributed by atoms with Crippen LogP contribution in [0, 0.1) is 0 Å². The fourth-order valence-electron chi connectivity index (χ4n) is 2.75. The molecule has 1 heterocycles. The van der Waals surface area contributed by atoms with Crippen LogP contribution in [-0.2, 0) is 0 Å². The molecule has 0 bridgehead atoms. The molecule has 0 aliphatic carbocycles. The lowest BCUT2D eigenvalue weighted by Crippen LogP contribution is -2.13. The predicted molar refractivity (Wildman–Crippen MR) is 91.3 cm³/mol. The van der Waals surface area contributed by atoms with Crippen LogP contribution in [0.15, 0.2) is 48.2 Å². The Hall–Kier alpha value is -2.75. The molecule has 1 aliphatic rings. The third-order valence-corrected chi connectivity index (χ3v) is 3.89. The number of fused-ring (bicyclic) bond motifs is 1. The molecule has 0 saturated heterocycles. The molecule has 0 spiro atoms. The van der Waals surface area contributed by atoms with E-state index >= 15 is 0 Å². The summed E-state index contributed by atoms with van der Waals surface area (Å²) in [6.45, 7) is 2.51. The van der Waals surface area contributed by atoms with Gasteiger partial charge in [-0.3, -0.25) is 4.79 Å². The van der Waals surface area contributed by atoms with Crippen LogP contribution < -0.4 is 14.4 Å². The van der Waals surface area contributed by atoms with E-state index in [0.717, 1.165) is 16.8 Å². The minimum Gasteiger partial charge on any atom is -0.493 e. The standard InChI is InChI=1S/C19H19NO3/c1-4-23-17-10-9-13(12-18(17)22-3)11-16-19(21)14-7-5-6-8-15(14)20(16)2/h5-12H,4H2,1-3H3. The van der Waals surface area contributed by atoms with E-state index in [1.54, 1.807) is 7.11 Å². The Labute approximate surface area is 135 Å². The van der Waals surface area contributed by atoms with Crippen LogP contribution in [0.3, 0.4) is 0 Å². The van der Waals surface area contributed by atoms with Gasteiger partial charge >= 0.3 is 0 Å². The molecule has 0 fully saturated rings. The van der Waals surface area contributed by atoms with E-state index in [1.807, 2.05) is 67.4 Å². The molecule has 3 rings (SSSR count). The van der Waals surface area contributed by atoms with Crippen molar-refractivity contribution in [3.05, 3.63) is 59.3 Å². The third kappa shape index (κ3) is 2.68. The number of allylic oxidation sites excluding steroid dienone is 1. The molecule has 118 valence electrons. The van der Waals surface area contributed by atoms with Gasteiger partial charge in [-0.1, -0.05) is 18.2 Å². The highest BCUT2D eigenvalue weighted by atomic mass is 16.5. The normalized spacial score (nSPS) is 15.0. The van der Waals surface area contributed by atoms with Gasteiger partial charge in [0.1, 0.15) is 0 Å². The molecule has 4 nitrogen and oxygen atoms in total. The average Bonchev–Trinajstić information content (AvgIpc) is 2.82. The highest BCUT2D eigenvalue weighted by Crippen LogP contribution is 2.35. The summed E-state index contributed by atoms with van der Waals surface area (Å²) in [5.41, 5.74) is 3.21. The summed E-state index contributed by atoms with van der Waals surface area (Å²) in [6, 6.07) is 13.3. The van der Waals surface area contributed by atoms with Crippen molar-refractivity contribution >= 4 is 17.5 Å². The van der Waals surface area contributed by atoms with Crippen LogP contribution in [0.2, 0.25) is 0 Å². The Balaban J connectivity index is 1.98. The van der Waals surface area contributed by atoms with E-state index in [4.69, 9.17) is 9.47 Å². The summed E-state index contributed by atoms with van der Waals surface area (Å²) >= 11 is 0. The van der Waals surface area contributed by atoms with Crippen LogP contribution >= 0.6 is 0 Å². The molecule has 4 heteroatoms. The lowest BCUT2D eigenvalue weighted by molar-refractivity contribution is 0.104. The summed E-state index contributed by atoms with van der Waals surface area (Å²) in [5.74, 6) is 1.40. The van der Waals surface area contributed by atoms with E-state index in [1.165, 1.54) is 0 Å². The molecule has 0 amide bonds. The van der Waals surface area contributed by atoms with Gasteiger partial charge in [0.2, 0.25) is 5.78 Å². The molecule has 0 N–H and O–H groups in total. The van der Waals surface area contributed by atoms with Crippen molar-refractivity contribution in [2.45, 2.75) is 6.92 Å². The monoisotopic (exact) mass is 309 g/mol. The Morgan fingerprint density at radius 1 is 1.13 bits per heavy atom. The number of ether oxygens (including phenoxy) is 2. The number of anilines is 1. The van der Waals surface area contributed by atoms with E-state index in [2.05, 4.69) is 0 Å². The van der Waals surface area contributed by atoms with Crippen molar-refractivity contribution in [2.24, 2.45) is 0 Å². The molecule has 0 unspecified atom stereocenters. The third-order valence-electron chi connectivity index (χ3n) is 3.89. The first-order valence-corrected chi connectivity index (χ1v) is 7.55. The highest BCUT2D eigenvalue weighted by Gasteiger charge is 2.29. The van der Waals surface area contributed by atoms with Crippen molar-refractivity contribution in [3.63, 3.8) is 0 Å². The molecule has 0 saturated carbocycles. The number of rotatable bonds is 4. The lowest BCUT2D eigenvalue weighted by Gasteiger charge is -2.14. The van der Waals surface area contributed by atoms with E-state index < -0.39 is 0 Å². The first kappa shape index (κ1) is 15.2. The first-order valence-electron chi connectivity index (χ1n) is 7.55. The van der Waals surface area contributed by atoms with Crippen LogP contribution in [0.4, 0.5) is 5.69 Å². The number of likely N-dealkylation sites (N-methyl/N-ethyl adjacent to an activating group) is 1. The van der Waals surface area contributed by atoms with Crippen LogP contribution in [0.1, 0.15) is 22.8 Å². The van der Waals surface area contributed by atoms with Gasteiger partial charge in [-0.25, -0.2) is 0 Å². The summed E-state index contributed by atoms with van der Waals surface area (Å²) in [6.07, 6.45) is 1.88. The molecule has 0 atom stereocenters. The van der Waals surface area contributed by atoms with Gasteiger partial charge in [-0.2, -0.15) is 0 Å². The fourth-order valence-corrected chi connectivity index (χ4v) is 2.75. The van der Waals surface area contributed by atoms with Crippen LogP contribution in [-0.4, -0.2) is 26.5 Å². The summed E-state index contributed by atoms with van der Waals surface area (Å²) in [7, 11) is 3.51. The Kier molecular flexibility index (Phi) is 4.06. The minimum atomic E-state index is 0.0379. The van der Waals surface area contributed by atoms with Crippen LogP contribution in [0.25, 0.3) is 6.08 Å². The molecular weight excluding hydrogens is 290 g/mol. The lowest BCUT2D eigenvalue weighted by atomic mass is 10.1. The number of carbonyl (C=O) groups is 1. The molecule has 0 radical (unpaired) electrons. The SMILES string of the molecule is CCOc1ccc(C=C2C(=O)c3ccccc3N2C)cc1OC. The summed E-state index contributed by atoms with van der Waals surface area (Å²) < 4.78 is 10.9. The van der Waals surface area contributed by atoms with E-state index in [0.29, 0.717) is 23.8 Å². The largest absolute Gasteiger partial charge is 0.493 e. The number of benzene rings is 2. The maximum atomic E-state index is 12.6. The van der Waals surface area contributed by atoms with Crippen molar-refractivity contribution in [1.82, 2.24) is 0 Å². The van der Waals surface area contributed by atoms with E-state index in [9.17, 15) is 4.79 Å². The smallest absolute Gasteiger partial charge is 0.211 e. The second-order valence-electron chi connectivity index (χ2n) is 5.28. The second-order valence-corrected chi connectivity index (χ2v) is 5.28. The number of hydrogen-bond acceptors (Lipinski definition) is 4. The molecule has 2 aromatic carbocycles. The molecule has 0 aromatic heterocycles. The number of para-hydroxylation sites is 1. The number of hydrogen-bond donors (Lipinski definition) is 0. The molecular formula is C19H19NO3. The zero-order chi connectivity index (χ0) is 16.4. The van der Waals surface area contributed by atoms with Crippen molar-refractivity contribution < 1.29 is 14.3 Å². The number of methoxy groups -OCH3 is 1. The predicted octanol–water partition coefficient (Wildman–Crippen LogP) is 3.77. The van der Waals surface area contributed by atoms with Gasteiger partial charge in [-0.15, -0.1) is 0 Å². The fraction of sp³-hybridized carbons (Fsp3) is 0.211. The zero-order valence-corrected chi connectivity index (χ0v) is 13.5. The van der Waals surface area contributed by atoms with Crippen molar-refractivity contribution in [2.75, 3.05) is 25.7 Å². The number of nitrogens with zero attached hydrogens (tertiary/aromatic N) is 1. The average molecular weight is 309 g/mol. The van der Waals surface area contributed by atoms with Crippen LogP contribution in [0.5, 0.6) is 11.5 Å². The number of Topliss-reactive ketones (excluding diaryl/α,β-unsaturated/α-hetero) is 1. The number of carbonyl (C=O) groups excluding carboxylic acids is 1. The number of ketones is 1. The zero-order valence-electron chi connectivity index (χ0n) is 13.5. The molecule has 1 aliphatic heterocycles. The summed E-state index contributed by atoms with van der Waals surface area (Å²) in [4.78, 5) is 14.5. The maximum Gasteiger partial charge on any atom is 0.211 e. The quantitative estimate of drug-likeness (QED) is 0.806. The van der Waals surface area contributed by atoms with Gasteiger partial charge in [0.25, 0.3) is 0 Å².